The highest BCUT2D eigenvalue weighted by atomic mass is 14.9. The average molecular weight is 242 g/mol. The highest BCUT2D eigenvalue weighted by Crippen LogP contribution is 2.22. The molecule has 1 aromatic rings. The molecular formula is C16H22N2. The number of nitrogens with one attached hydrogen (secondary N) is 1. The molecule has 0 fully saturated rings. The largest absolute Gasteiger partial charge is 0.312 e. The fraction of sp³-hybridized carbons (Fsp3) is 0.562. The van der Waals surface area contributed by atoms with Crippen molar-refractivity contribution in [3.8, 4) is 0 Å². The summed E-state index contributed by atoms with van der Waals surface area (Å²) in [5.74, 6) is 0. The molecular weight excluding hydrogens is 220 g/mol. The van der Waals surface area contributed by atoms with E-state index in [1.807, 2.05) is 0 Å². The summed E-state index contributed by atoms with van der Waals surface area (Å²) in [7, 11) is 0. The van der Waals surface area contributed by atoms with E-state index in [-0.39, 0.29) is 0 Å². The normalized spacial score (nSPS) is 20.6. The quantitative estimate of drug-likeness (QED) is 0.818. The summed E-state index contributed by atoms with van der Waals surface area (Å²) in [4.78, 5) is 4.93. The predicted octanol–water partition coefficient (Wildman–Crippen LogP) is 3.12. The van der Waals surface area contributed by atoms with E-state index in [9.17, 15) is 0 Å². The van der Waals surface area contributed by atoms with E-state index in [4.69, 9.17) is 4.98 Å². The molecule has 2 heterocycles. The molecule has 0 spiro atoms. The van der Waals surface area contributed by atoms with Gasteiger partial charge in [0.2, 0.25) is 0 Å². The molecule has 2 aliphatic rings. The second-order valence-corrected chi connectivity index (χ2v) is 5.41. The van der Waals surface area contributed by atoms with E-state index in [0.717, 1.165) is 19.5 Å². The number of aromatic nitrogens is 1. The smallest absolute Gasteiger partial charge is 0.0674 e. The lowest BCUT2D eigenvalue weighted by molar-refractivity contribution is 0.608. The van der Waals surface area contributed by atoms with E-state index < -0.39 is 0 Å². The molecule has 1 N–H and O–H groups in total. The second-order valence-electron chi connectivity index (χ2n) is 5.41. The Balaban J connectivity index is 1.88. The van der Waals surface area contributed by atoms with Crippen LogP contribution >= 0.6 is 0 Å². The van der Waals surface area contributed by atoms with E-state index in [0.29, 0.717) is 0 Å². The Kier molecular flexibility index (Phi) is 3.75. The molecule has 96 valence electrons. The number of rotatable bonds is 1. The van der Waals surface area contributed by atoms with Gasteiger partial charge in [-0.1, -0.05) is 25.0 Å². The molecule has 1 aliphatic heterocycles. The Labute approximate surface area is 110 Å². The van der Waals surface area contributed by atoms with Crippen LogP contribution in [0.3, 0.4) is 0 Å². The third-order valence-electron chi connectivity index (χ3n) is 4.03. The van der Waals surface area contributed by atoms with Crippen LogP contribution in [0.1, 0.15) is 49.1 Å². The number of aryl methyl sites for hydroxylation is 2. The summed E-state index contributed by atoms with van der Waals surface area (Å²) in [6.07, 6.45) is 11.3. The number of fused-ring (bicyclic) bond motifs is 1. The standard InChI is InChI=1S/C16H22N2/c1-2-4-8-15-13(6-3-1)9-10-16(18-15)14-7-5-11-17-12-14/h7,9-10,17H,1-6,8,11-12H2. The molecule has 0 saturated carbocycles. The van der Waals surface area contributed by atoms with Gasteiger partial charge in [0.05, 0.1) is 5.69 Å². The van der Waals surface area contributed by atoms with Crippen LogP contribution in [0.15, 0.2) is 18.2 Å². The van der Waals surface area contributed by atoms with Crippen molar-refractivity contribution in [3.05, 3.63) is 35.2 Å². The van der Waals surface area contributed by atoms with Crippen LogP contribution in [0, 0.1) is 0 Å². The van der Waals surface area contributed by atoms with Gasteiger partial charge in [0.1, 0.15) is 0 Å². The minimum atomic E-state index is 0.978. The molecule has 0 amide bonds. The lowest BCUT2D eigenvalue weighted by atomic mass is 9.96. The number of nitrogens with zero attached hydrogens (tertiary/aromatic N) is 1. The van der Waals surface area contributed by atoms with Gasteiger partial charge in [-0.25, -0.2) is 0 Å². The van der Waals surface area contributed by atoms with Gasteiger partial charge in [-0.3, -0.25) is 4.98 Å². The van der Waals surface area contributed by atoms with Gasteiger partial charge < -0.3 is 5.32 Å². The predicted molar refractivity (Wildman–Crippen MR) is 75.6 cm³/mol. The maximum Gasteiger partial charge on any atom is 0.0674 e. The number of hydrogen-bond donors (Lipinski definition) is 1. The van der Waals surface area contributed by atoms with Crippen LogP contribution < -0.4 is 5.32 Å². The molecule has 3 rings (SSSR count). The molecule has 0 bridgehead atoms. The Morgan fingerprint density at radius 2 is 1.89 bits per heavy atom. The first-order valence-corrected chi connectivity index (χ1v) is 7.32. The first kappa shape index (κ1) is 11.9. The van der Waals surface area contributed by atoms with Crippen molar-refractivity contribution in [3.63, 3.8) is 0 Å². The maximum atomic E-state index is 4.93. The molecule has 0 aromatic carbocycles. The molecule has 0 saturated heterocycles. The van der Waals surface area contributed by atoms with E-state index in [1.54, 1.807) is 0 Å². The zero-order valence-corrected chi connectivity index (χ0v) is 11.0. The summed E-state index contributed by atoms with van der Waals surface area (Å²) in [5, 5.41) is 3.43. The third-order valence-corrected chi connectivity index (χ3v) is 4.03. The third kappa shape index (κ3) is 2.64. The van der Waals surface area contributed by atoms with Crippen molar-refractivity contribution in [2.45, 2.75) is 44.9 Å². The highest BCUT2D eigenvalue weighted by molar-refractivity contribution is 5.65. The maximum absolute atomic E-state index is 4.93. The van der Waals surface area contributed by atoms with Gasteiger partial charge in [0, 0.05) is 12.2 Å². The molecule has 0 unspecified atom stereocenters. The molecule has 1 aromatic heterocycles. The molecule has 2 heteroatoms. The minimum absolute atomic E-state index is 0.978. The Morgan fingerprint density at radius 3 is 2.72 bits per heavy atom. The van der Waals surface area contributed by atoms with Crippen molar-refractivity contribution in [2.75, 3.05) is 13.1 Å². The summed E-state index contributed by atoms with van der Waals surface area (Å²) in [5.41, 5.74) is 5.43. The summed E-state index contributed by atoms with van der Waals surface area (Å²) >= 11 is 0. The Morgan fingerprint density at radius 1 is 1.00 bits per heavy atom. The van der Waals surface area contributed by atoms with Crippen molar-refractivity contribution >= 4 is 5.57 Å². The zero-order chi connectivity index (χ0) is 12.2. The molecule has 2 nitrogen and oxygen atoms in total. The van der Waals surface area contributed by atoms with E-state index in [2.05, 4.69) is 23.5 Å². The summed E-state index contributed by atoms with van der Waals surface area (Å²) in [6, 6.07) is 4.54. The van der Waals surface area contributed by atoms with Crippen molar-refractivity contribution in [1.82, 2.24) is 10.3 Å². The van der Waals surface area contributed by atoms with Gasteiger partial charge in [-0.15, -0.1) is 0 Å². The number of pyridine rings is 1. The van der Waals surface area contributed by atoms with Gasteiger partial charge in [0.25, 0.3) is 0 Å². The van der Waals surface area contributed by atoms with E-state index >= 15 is 0 Å². The summed E-state index contributed by atoms with van der Waals surface area (Å²) < 4.78 is 0. The lowest BCUT2D eigenvalue weighted by Gasteiger charge is -2.17. The van der Waals surface area contributed by atoms with Crippen molar-refractivity contribution < 1.29 is 0 Å². The Bertz CT molecular complexity index is 448. The second kappa shape index (κ2) is 5.66. The van der Waals surface area contributed by atoms with Gasteiger partial charge in [-0.2, -0.15) is 0 Å². The average Bonchev–Trinajstić information content (AvgIpc) is 2.40. The topological polar surface area (TPSA) is 24.9 Å². The first-order valence-electron chi connectivity index (χ1n) is 7.32. The Hall–Kier alpha value is -1.15. The fourth-order valence-corrected chi connectivity index (χ4v) is 2.95. The molecule has 1 aliphatic carbocycles. The first-order chi connectivity index (χ1) is 8.93. The lowest BCUT2D eigenvalue weighted by Crippen LogP contribution is -2.22. The van der Waals surface area contributed by atoms with Crippen LogP contribution in [-0.2, 0) is 12.8 Å². The van der Waals surface area contributed by atoms with Crippen molar-refractivity contribution in [1.29, 1.82) is 0 Å². The fourth-order valence-electron chi connectivity index (χ4n) is 2.95. The van der Waals surface area contributed by atoms with Gasteiger partial charge in [0.15, 0.2) is 0 Å². The van der Waals surface area contributed by atoms with Crippen LogP contribution in [0.4, 0.5) is 0 Å². The van der Waals surface area contributed by atoms with Crippen LogP contribution in [-0.4, -0.2) is 18.1 Å². The van der Waals surface area contributed by atoms with Crippen LogP contribution in [0.2, 0.25) is 0 Å². The molecule has 0 radical (unpaired) electrons. The number of hydrogen-bond acceptors (Lipinski definition) is 2. The summed E-state index contributed by atoms with van der Waals surface area (Å²) in [6.45, 7) is 2.08. The monoisotopic (exact) mass is 242 g/mol. The SMILES string of the molecule is C1=C(c2ccc3c(n2)CCCCCC3)CNCC1. The van der Waals surface area contributed by atoms with Crippen molar-refractivity contribution in [2.24, 2.45) is 0 Å². The molecule has 0 atom stereocenters. The van der Waals surface area contributed by atoms with E-state index in [1.165, 1.54) is 61.0 Å². The van der Waals surface area contributed by atoms with Crippen LogP contribution in [0.25, 0.3) is 5.57 Å². The van der Waals surface area contributed by atoms with Gasteiger partial charge in [-0.05, 0) is 55.9 Å². The molecule has 18 heavy (non-hydrogen) atoms. The van der Waals surface area contributed by atoms with Crippen LogP contribution in [0.5, 0.6) is 0 Å². The zero-order valence-electron chi connectivity index (χ0n) is 11.0. The minimum Gasteiger partial charge on any atom is -0.312 e. The van der Waals surface area contributed by atoms with Gasteiger partial charge >= 0.3 is 0 Å². The highest BCUT2D eigenvalue weighted by Gasteiger charge is 2.12.